The van der Waals surface area contributed by atoms with Gasteiger partial charge in [0.25, 0.3) is 0 Å². The van der Waals surface area contributed by atoms with Gasteiger partial charge in [0, 0.05) is 48.9 Å². The van der Waals surface area contributed by atoms with E-state index in [1.165, 1.54) is 6.07 Å². The van der Waals surface area contributed by atoms with Gasteiger partial charge in [0.15, 0.2) is 0 Å². The van der Waals surface area contributed by atoms with Crippen LogP contribution in [0.15, 0.2) is 48.5 Å². The third-order valence-electron chi connectivity index (χ3n) is 5.34. The lowest BCUT2D eigenvalue weighted by Gasteiger charge is -2.39. The summed E-state index contributed by atoms with van der Waals surface area (Å²) in [6.07, 6.45) is 1.73. The number of hydrogen-bond acceptors (Lipinski definition) is 3. The fraction of sp³-hybridized carbons (Fsp3) is 0.435. The van der Waals surface area contributed by atoms with Crippen LogP contribution in [0.25, 0.3) is 0 Å². The van der Waals surface area contributed by atoms with Gasteiger partial charge in [-0.25, -0.2) is 4.39 Å². The standard InChI is InChI=1S/C23H29FN2O2/c1-17(2)23(27)26(20-8-6-9-21(15-20)28-3)19-11-13-25(14-12-19)16-18-7-4-5-10-22(18)24/h4-10,15,17,19H,11-14,16H2,1-3H3. The quantitative estimate of drug-likeness (QED) is 0.736. The zero-order valence-electron chi connectivity index (χ0n) is 16.9. The molecule has 1 aliphatic heterocycles. The number of amides is 1. The summed E-state index contributed by atoms with van der Waals surface area (Å²) in [5.41, 5.74) is 1.61. The van der Waals surface area contributed by atoms with Crippen molar-refractivity contribution in [1.82, 2.24) is 4.90 Å². The Labute approximate surface area is 166 Å². The number of halogens is 1. The normalized spacial score (nSPS) is 15.6. The van der Waals surface area contributed by atoms with Gasteiger partial charge in [-0.05, 0) is 31.0 Å². The van der Waals surface area contributed by atoms with E-state index in [0.717, 1.165) is 42.9 Å². The predicted molar refractivity (Wildman–Crippen MR) is 110 cm³/mol. The molecular formula is C23H29FN2O2. The molecule has 1 amide bonds. The second-order valence-electron chi connectivity index (χ2n) is 7.66. The molecule has 1 fully saturated rings. The van der Waals surface area contributed by atoms with Crippen molar-refractivity contribution in [3.05, 3.63) is 59.9 Å². The number of rotatable bonds is 6. The molecular weight excluding hydrogens is 355 g/mol. The molecule has 28 heavy (non-hydrogen) atoms. The highest BCUT2D eigenvalue weighted by Crippen LogP contribution is 2.29. The molecule has 0 spiro atoms. The van der Waals surface area contributed by atoms with Crippen LogP contribution in [0.4, 0.5) is 10.1 Å². The number of hydrogen-bond donors (Lipinski definition) is 0. The molecule has 5 heteroatoms. The number of methoxy groups -OCH3 is 1. The molecule has 1 saturated heterocycles. The van der Waals surface area contributed by atoms with Gasteiger partial charge in [-0.3, -0.25) is 9.69 Å². The van der Waals surface area contributed by atoms with Gasteiger partial charge in [0.05, 0.1) is 7.11 Å². The minimum absolute atomic E-state index is 0.0809. The van der Waals surface area contributed by atoms with Crippen molar-refractivity contribution in [2.75, 3.05) is 25.1 Å². The Kier molecular flexibility index (Phi) is 6.68. The summed E-state index contributed by atoms with van der Waals surface area (Å²) in [6, 6.07) is 14.8. The largest absolute Gasteiger partial charge is 0.497 e. The molecule has 150 valence electrons. The van der Waals surface area contributed by atoms with E-state index in [0.29, 0.717) is 6.54 Å². The van der Waals surface area contributed by atoms with E-state index in [4.69, 9.17) is 4.74 Å². The van der Waals surface area contributed by atoms with E-state index >= 15 is 0 Å². The van der Waals surface area contributed by atoms with E-state index in [-0.39, 0.29) is 23.7 Å². The molecule has 0 atom stereocenters. The molecule has 3 rings (SSSR count). The van der Waals surface area contributed by atoms with Crippen LogP contribution >= 0.6 is 0 Å². The topological polar surface area (TPSA) is 32.8 Å². The fourth-order valence-electron chi connectivity index (χ4n) is 3.76. The van der Waals surface area contributed by atoms with Crippen molar-refractivity contribution in [1.29, 1.82) is 0 Å². The molecule has 4 nitrogen and oxygen atoms in total. The number of benzene rings is 2. The lowest BCUT2D eigenvalue weighted by molar-refractivity contribution is -0.122. The van der Waals surface area contributed by atoms with Gasteiger partial charge in [0.2, 0.25) is 5.91 Å². The van der Waals surface area contributed by atoms with Gasteiger partial charge in [-0.15, -0.1) is 0 Å². The van der Waals surface area contributed by atoms with Crippen LogP contribution in [0, 0.1) is 11.7 Å². The summed E-state index contributed by atoms with van der Waals surface area (Å²) in [4.78, 5) is 17.2. The van der Waals surface area contributed by atoms with Crippen LogP contribution in [0.3, 0.4) is 0 Å². The van der Waals surface area contributed by atoms with E-state index in [1.807, 2.05) is 55.1 Å². The maximum atomic E-state index is 13.9. The SMILES string of the molecule is COc1cccc(N(C(=O)C(C)C)C2CCN(Cc3ccccc3F)CC2)c1. The Bertz CT molecular complexity index is 801. The maximum Gasteiger partial charge on any atom is 0.229 e. The van der Waals surface area contributed by atoms with Crippen LogP contribution in [-0.2, 0) is 11.3 Å². The first kappa shape index (κ1) is 20.3. The van der Waals surface area contributed by atoms with E-state index in [9.17, 15) is 9.18 Å². The molecule has 2 aromatic carbocycles. The van der Waals surface area contributed by atoms with E-state index < -0.39 is 0 Å². The minimum atomic E-state index is -0.155. The highest BCUT2D eigenvalue weighted by atomic mass is 19.1. The number of carbonyl (C=O) groups excluding carboxylic acids is 1. The van der Waals surface area contributed by atoms with Crippen LogP contribution in [0.5, 0.6) is 5.75 Å². The lowest BCUT2D eigenvalue weighted by Crippen LogP contribution is -2.48. The third-order valence-corrected chi connectivity index (χ3v) is 5.34. The Morgan fingerprint density at radius 3 is 2.54 bits per heavy atom. The molecule has 1 heterocycles. The molecule has 2 aromatic rings. The summed E-state index contributed by atoms with van der Waals surface area (Å²) >= 11 is 0. The highest BCUT2D eigenvalue weighted by molar-refractivity contribution is 5.95. The first-order valence-corrected chi connectivity index (χ1v) is 9.92. The number of ether oxygens (including phenoxy) is 1. The predicted octanol–water partition coefficient (Wildman–Crippen LogP) is 4.49. The Hall–Kier alpha value is -2.40. The molecule has 0 aliphatic carbocycles. The van der Waals surface area contributed by atoms with Gasteiger partial charge >= 0.3 is 0 Å². The van der Waals surface area contributed by atoms with Crippen molar-refractivity contribution in [2.24, 2.45) is 5.92 Å². The van der Waals surface area contributed by atoms with Gasteiger partial charge in [0.1, 0.15) is 11.6 Å². The number of likely N-dealkylation sites (tertiary alicyclic amines) is 1. The van der Waals surface area contributed by atoms with Crippen molar-refractivity contribution >= 4 is 11.6 Å². The van der Waals surface area contributed by atoms with Crippen molar-refractivity contribution < 1.29 is 13.9 Å². The van der Waals surface area contributed by atoms with Gasteiger partial charge < -0.3 is 9.64 Å². The van der Waals surface area contributed by atoms with Gasteiger partial charge in [-0.1, -0.05) is 38.1 Å². The second-order valence-corrected chi connectivity index (χ2v) is 7.66. The third kappa shape index (κ3) is 4.71. The Morgan fingerprint density at radius 1 is 1.18 bits per heavy atom. The van der Waals surface area contributed by atoms with Crippen molar-refractivity contribution in [3.63, 3.8) is 0 Å². The molecule has 0 N–H and O–H groups in total. The minimum Gasteiger partial charge on any atom is -0.497 e. The van der Waals surface area contributed by atoms with E-state index in [1.54, 1.807) is 13.2 Å². The Balaban J connectivity index is 1.72. The molecule has 1 aliphatic rings. The van der Waals surface area contributed by atoms with Crippen LogP contribution in [0.2, 0.25) is 0 Å². The van der Waals surface area contributed by atoms with Crippen molar-refractivity contribution in [2.45, 2.75) is 39.3 Å². The van der Waals surface area contributed by atoms with Crippen LogP contribution < -0.4 is 9.64 Å². The monoisotopic (exact) mass is 384 g/mol. The lowest BCUT2D eigenvalue weighted by atomic mass is 9.99. The van der Waals surface area contributed by atoms with Crippen LogP contribution in [-0.4, -0.2) is 37.0 Å². The fourth-order valence-corrected chi connectivity index (χ4v) is 3.76. The average molecular weight is 384 g/mol. The summed E-state index contributed by atoms with van der Waals surface area (Å²) in [7, 11) is 1.63. The summed E-state index contributed by atoms with van der Waals surface area (Å²) in [5, 5.41) is 0. The summed E-state index contributed by atoms with van der Waals surface area (Å²) in [5.74, 6) is 0.636. The summed E-state index contributed by atoms with van der Waals surface area (Å²) < 4.78 is 19.3. The number of nitrogens with zero attached hydrogens (tertiary/aromatic N) is 2. The average Bonchev–Trinajstić information content (AvgIpc) is 2.71. The molecule has 0 bridgehead atoms. The zero-order valence-corrected chi connectivity index (χ0v) is 16.9. The van der Waals surface area contributed by atoms with E-state index in [2.05, 4.69) is 4.90 Å². The van der Waals surface area contributed by atoms with Crippen molar-refractivity contribution in [3.8, 4) is 5.75 Å². The van der Waals surface area contributed by atoms with Crippen LogP contribution in [0.1, 0.15) is 32.3 Å². The second kappa shape index (κ2) is 9.20. The Morgan fingerprint density at radius 2 is 1.89 bits per heavy atom. The molecule has 0 saturated carbocycles. The molecule has 0 unspecified atom stereocenters. The molecule has 0 aromatic heterocycles. The molecule has 0 radical (unpaired) electrons. The number of carbonyl (C=O) groups is 1. The smallest absolute Gasteiger partial charge is 0.229 e. The first-order valence-electron chi connectivity index (χ1n) is 9.92. The maximum absolute atomic E-state index is 13.9. The number of piperidine rings is 1. The number of anilines is 1. The van der Waals surface area contributed by atoms with Gasteiger partial charge in [-0.2, -0.15) is 0 Å². The first-order chi connectivity index (χ1) is 13.5. The zero-order chi connectivity index (χ0) is 20.1. The summed E-state index contributed by atoms with van der Waals surface area (Å²) in [6.45, 7) is 6.15. The highest BCUT2D eigenvalue weighted by Gasteiger charge is 2.30.